The third kappa shape index (κ3) is 5.44. The molecule has 1 heterocycles. The Bertz CT molecular complexity index is 459. The van der Waals surface area contributed by atoms with Crippen LogP contribution in [0.15, 0.2) is 35.3 Å². The van der Waals surface area contributed by atoms with E-state index >= 15 is 0 Å². The first-order chi connectivity index (χ1) is 9.79. The molecule has 0 saturated carbocycles. The third-order valence-corrected chi connectivity index (χ3v) is 4.76. The molecule has 1 aliphatic rings. The van der Waals surface area contributed by atoms with Crippen LogP contribution in [0.2, 0.25) is 0 Å². The average molecular weight is 316 g/mol. The van der Waals surface area contributed by atoms with Gasteiger partial charge in [-0.1, -0.05) is 66.7 Å². The van der Waals surface area contributed by atoms with Crippen LogP contribution in [0.3, 0.4) is 0 Å². The molecule has 0 aliphatic carbocycles. The largest absolute Gasteiger partial charge is 0.243 e. The van der Waals surface area contributed by atoms with Crippen molar-refractivity contribution in [2.45, 2.75) is 60.9 Å². The maximum absolute atomic E-state index is 12.1. The highest BCUT2D eigenvalue weighted by Crippen LogP contribution is 2.35. The molecule has 0 bridgehead atoms. The molecule has 0 aromatic carbocycles. The van der Waals surface area contributed by atoms with Gasteiger partial charge in [-0.15, -0.1) is 0 Å². The summed E-state index contributed by atoms with van der Waals surface area (Å²) in [5.41, 5.74) is 0.843. The lowest BCUT2D eigenvalue weighted by Crippen LogP contribution is -2.35. The monoisotopic (exact) mass is 315 g/mol. The Morgan fingerprint density at radius 1 is 1.29 bits per heavy atom. The summed E-state index contributed by atoms with van der Waals surface area (Å²) in [6.07, 6.45) is 6.41. The van der Waals surface area contributed by atoms with E-state index in [4.69, 9.17) is 0 Å². The Labute approximate surface area is 132 Å². The maximum atomic E-state index is 12.1. The predicted octanol–water partition coefficient (Wildman–Crippen LogP) is 4.74. The summed E-state index contributed by atoms with van der Waals surface area (Å²) in [7, 11) is -1.71. The maximum Gasteiger partial charge on any atom is 0.243 e. The first-order valence-corrected chi connectivity index (χ1v) is 9.20. The molecule has 21 heavy (non-hydrogen) atoms. The van der Waals surface area contributed by atoms with Gasteiger partial charge >= 0.3 is 0 Å². The summed E-state index contributed by atoms with van der Waals surface area (Å²) in [6, 6.07) is -0.0887. The van der Waals surface area contributed by atoms with Crippen LogP contribution in [0.5, 0.6) is 0 Å². The van der Waals surface area contributed by atoms with E-state index in [9.17, 15) is 8.42 Å². The number of allylic oxidation sites excluding steroid dienone is 2. The van der Waals surface area contributed by atoms with Crippen LogP contribution in [-0.2, 0) is 10.0 Å². The van der Waals surface area contributed by atoms with Crippen LogP contribution in [0.25, 0.3) is 0 Å². The molecule has 1 aliphatic heterocycles. The van der Waals surface area contributed by atoms with Crippen molar-refractivity contribution >= 4 is 10.0 Å². The quantitative estimate of drug-likeness (QED) is 0.754. The van der Waals surface area contributed by atoms with Gasteiger partial charge in [0.15, 0.2) is 0 Å². The van der Waals surface area contributed by atoms with E-state index in [2.05, 4.69) is 20.4 Å². The second kappa shape index (κ2) is 10.8. The number of hydrogen-bond acceptors (Lipinski definition) is 2. The minimum atomic E-state index is -3.34. The van der Waals surface area contributed by atoms with E-state index in [0.717, 1.165) is 5.57 Å². The van der Waals surface area contributed by atoms with Gasteiger partial charge in [-0.05, 0) is 24.5 Å². The Morgan fingerprint density at radius 2 is 1.71 bits per heavy atom. The Hall–Kier alpha value is -0.870. The first-order valence-electron chi connectivity index (χ1n) is 7.76. The van der Waals surface area contributed by atoms with Crippen LogP contribution >= 0.6 is 0 Å². The lowest BCUT2D eigenvalue weighted by molar-refractivity contribution is 0.350. The molecule has 0 amide bonds. The standard InChI is InChI=1S/C12H19NO2S.C3H8.C2H6/c1-6-8-10-11(7-2)16(14,15)13(5)12(10)9(3)4;1-3-2;1-2/h6-9,12H,2H2,1,3-5H3;3H2,1-2H3;1-2H3/b8-6-;;. The van der Waals surface area contributed by atoms with Crippen molar-refractivity contribution in [3.63, 3.8) is 0 Å². The molecule has 0 spiro atoms. The zero-order valence-corrected chi connectivity index (χ0v) is 15.8. The molecule has 1 rings (SSSR count). The summed E-state index contributed by atoms with van der Waals surface area (Å²) in [4.78, 5) is 0.340. The smallest absolute Gasteiger partial charge is 0.207 e. The summed E-state index contributed by atoms with van der Waals surface area (Å²) in [5, 5.41) is 0. The van der Waals surface area contributed by atoms with Crippen molar-refractivity contribution in [2.24, 2.45) is 5.92 Å². The van der Waals surface area contributed by atoms with Crippen molar-refractivity contribution in [3.05, 3.63) is 35.3 Å². The van der Waals surface area contributed by atoms with Gasteiger partial charge in [-0.2, -0.15) is 4.31 Å². The van der Waals surface area contributed by atoms with Crippen LogP contribution < -0.4 is 0 Å². The second-order valence-corrected chi connectivity index (χ2v) is 6.91. The first kappa shape index (κ1) is 22.4. The van der Waals surface area contributed by atoms with Gasteiger partial charge in [0.05, 0.1) is 10.9 Å². The van der Waals surface area contributed by atoms with E-state index in [1.807, 2.05) is 46.8 Å². The number of rotatable bonds is 3. The highest BCUT2D eigenvalue weighted by Gasteiger charge is 2.41. The number of sulfonamides is 1. The van der Waals surface area contributed by atoms with E-state index in [0.29, 0.717) is 4.91 Å². The molecule has 1 unspecified atom stereocenters. The fourth-order valence-corrected chi connectivity index (χ4v) is 3.82. The van der Waals surface area contributed by atoms with E-state index in [1.165, 1.54) is 16.8 Å². The SMILES string of the molecule is C=CC1=C(/C=C\C)C(C(C)C)N(C)S1(=O)=O.CC.CCC. The van der Waals surface area contributed by atoms with Gasteiger partial charge in [0, 0.05) is 7.05 Å². The molecule has 0 radical (unpaired) electrons. The summed E-state index contributed by atoms with van der Waals surface area (Å²) in [5.74, 6) is 0.239. The summed E-state index contributed by atoms with van der Waals surface area (Å²) < 4.78 is 25.6. The van der Waals surface area contributed by atoms with Gasteiger partial charge in [0.2, 0.25) is 10.0 Å². The van der Waals surface area contributed by atoms with Crippen molar-refractivity contribution in [1.82, 2.24) is 4.31 Å². The fraction of sp³-hybridized carbons (Fsp3) is 0.647. The van der Waals surface area contributed by atoms with Gasteiger partial charge in [-0.25, -0.2) is 8.42 Å². The van der Waals surface area contributed by atoms with Crippen molar-refractivity contribution in [3.8, 4) is 0 Å². The molecule has 0 N–H and O–H groups in total. The Balaban J connectivity index is 0. The Morgan fingerprint density at radius 3 is 2.00 bits per heavy atom. The van der Waals surface area contributed by atoms with Gasteiger partial charge < -0.3 is 0 Å². The molecule has 0 aromatic heterocycles. The molecule has 0 aromatic rings. The highest BCUT2D eigenvalue weighted by molar-refractivity contribution is 7.93. The van der Waals surface area contributed by atoms with Gasteiger partial charge in [-0.3, -0.25) is 0 Å². The van der Waals surface area contributed by atoms with Gasteiger partial charge in [0.1, 0.15) is 0 Å². The zero-order valence-electron chi connectivity index (χ0n) is 15.0. The minimum Gasteiger partial charge on any atom is -0.207 e. The normalized spacial score (nSPS) is 20.9. The highest BCUT2D eigenvalue weighted by atomic mass is 32.2. The van der Waals surface area contributed by atoms with Crippen LogP contribution in [0.4, 0.5) is 0 Å². The molecule has 4 heteroatoms. The summed E-state index contributed by atoms with van der Waals surface area (Å²) in [6.45, 7) is 17.8. The van der Waals surface area contributed by atoms with Crippen LogP contribution in [0, 0.1) is 5.92 Å². The second-order valence-electron chi connectivity index (χ2n) is 4.94. The molecular weight excluding hydrogens is 282 g/mol. The molecule has 3 nitrogen and oxygen atoms in total. The lowest BCUT2D eigenvalue weighted by atomic mass is 9.95. The molecule has 1 atom stereocenters. The Kier molecular flexibility index (Phi) is 11.5. The average Bonchev–Trinajstić information content (AvgIpc) is 2.60. The fourth-order valence-electron chi connectivity index (χ4n) is 2.16. The number of likely N-dealkylation sites (N-methyl/N-ethyl adjacent to an activating group) is 1. The molecular formula is C17H33NO2S. The molecule has 124 valence electrons. The van der Waals surface area contributed by atoms with E-state index in [-0.39, 0.29) is 12.0 Å². The third-order valence-electron chi connectivity index (χ3n) is 2.82. The van der Waals surface area contributed by atoms with Gasteiger partial charge in [0.25, 0.3) is 0 Å². The number of nitrogens with zero attached hydrogens (tertiary/aromatic N) is 1. The van der Waals surface area contributed by atoms with E-state index < -0.39 is 10.0 Å². The van der Waals surface area contributed by atoms with Crippen molar-refractivity contribution in [1.29, 1.82) is 0 Å². The zero-order chi connectivity index (χ0) is 17.2. The minimum absolute atomic E-state index is 0.0887. The van der Waals surface area contributed by atoms with Crippen LogP contribution in [0.1, 0.15) is 54.9 Å². The molecule has 0 fully saturated rings. The van der Waals surface area contributed by atoms with Crippen molar-refractivity contribution < 1.29 is 8.42 Å². The van der Waals surface area contributed by atoms with Crippen LogP contribution in [-0.4, -0.2) is 25.8 Å². The molecule has 0 saturated heterocycles. The number of hydrogen-bond donors (Lipinski definition) is 0. The lowest BCUT2D eigenvalue weighted by Gasteiger charge is -2.23. The topological polar surface area (TPSA) is 37.4 Å². The summed E-state index contributed by atoms with van der Waals surface area (Å²) >= 11 is 0. The van der Waals surface area contributed by atoms with E-state index in [1.54, 1.807) is 7.05 Å². The van der Waals surface area contributed by atoms with Crippen molar-refractivity contribution in [2.75, 3.05) is 7.05 Å². The predicted molar refractivity (Wildman–Crippen MR) is 94.7 cm³/mol.